The van der Waals surface area contributed by atoms with Gasteiger partial charge in [0.15, 0.2) is 34.7 Å². The molecule has 0 amide bonds. The number of unbranched alkanes of at least 4 members (excludes halogenated alkanes) is 4. The smallest absolute Gasteiger partial charge is 0.200 e. The van der Waals surface area contributed by atoms with Gasteiger partial charge in [-0.3, -0.25) is 0 Å². The standard InChI is InChI=1S/C41H50F6O3/c1-3-5-7-8-24-49-34-21-17-30(36(42)40(34)46)27-11-9-26(10-12-27)25-50-35-22-19-32(38(44)41(35)47)29-15-13-28(14-16-29)31-18-20-33(39(45)37(31)43)48-23-6-4-2/h17-22,26-29H,3-16,23-25H2,1-2H3/t26-,27-,28-,29-. The van der Waals surface area contributed by atoms with Gasteiger partial charge >= 0.3 is 0 Å². The van der Waals surface area contributed by atoms with Crippen LogP contribution in [0.5, 0.6) is 17.2 Å². The Labute approximate surface area is 292 Å². The summed E-state index contributed by atoms with van der Waals surface area (Å²) in [6, 6.07) is 9.21. The van der Waals surface area contributed by atoms with Gasteiger partial charge in [0, 0.05) is 0 Å². The van der Waals surface area contributed by atoms with E-state index in [0.717, 1.165) is 38.5 Å². The number of halogens is 6. The van der Waals surface area contributed by atoms with Gasteiger partial charge in [-0.05, 0) is 123 Å². The van der Waals surface area contributed by atoms with Gasteiger partial charge in [0.2, 0.25) is 17.5 Å². The Balaban J connectivity index is 1.10. The number of benzene rings is 3. The number of hydrogen-bond donors (Lipinski definition) is 0. The SMILES string of the molecule is CCCCCCOc1ccc([C@H]2CC[C@H](COc3ccc([C@H]4CC[C@H](c5ccc(OCCCC)c(F)c5F)CC4)c(F)c3F)CC2)c(F)c1F. The van der Waals surface area contributed by atoms with Crippen molar-refractivity contribution in [1.82, 2.24) is 0 Å². The lowest BCUT2D eigenvalue weighted by Crippen LogP contribution is -2.20. The van der Waals surface area contributed by atoms with Gasteiger partial charge in [-0.25, -0.2) is 13.2 Å². The molecule has 274 valence electrons. The van der Waals surface area contributed by atoms with Gasteiger partial charge in [0.05, 0.1) is 19.8 Å². The molecule has 0 spiro atoms. The van der Waals surface area contributed by atoms with E-state index >= 15 is 8.78 Å². The molecule has 2 aliphatic carbocycles. The maximum atomic E-state index is 15.3. The zero-order valence-electron chi connectivity index (χ0n) is 29.3. The minimum atomic E-state index is -1.03. The zero-order chi connectivity index (χ0) is 35.6. The van der Waals surface area contributed by atoms with Gasteiger partial charge in [-0.1, -0.05) is 57.7 Å². The number of hydrogen-bond acceptors (Lipinski definition) is 3. The van der Waals surface area contributed by atoms with E-state index in [0.29, 0.717) is 75.7 Å². The fraction of sp³-hybridized carbons (Fsp3) is 0.561. The van der Waals surface area contributed by atoms with Crippen LogP contribution in [0.4, 0.5) is 26.3 Å². The van der Waals surface area contributed by atoms with Crippen molar-refractivity contribution < 1.29 is 40.6 Å². The molecule has 0 heterocycles. The summed E-state index contributed by atoms with van der Waals surface area (Å²) in [6.07, 6.45) is 10.3. The maximum Gasteiger partial charge on any atom is 0.200 e. The van der Waals surface area contributed by atoms with E-state index in [2.05, 4.69) is 6.92 Å². The molecule has 0 radical (unpaired) electrons. The topological polar surface area (TPSA) is 27.7 Å². The van der Waals surface area contributed by atoms with Crippen LogP contribution in [-0.4, -0.2) is 19.8 Å². The van der Waals surface area contributed by atoms with Crippen molar-refractivity contribution in [3.8, 4) is 17.2 Å². The molecular weight excluding hydrogens is 654 g/mol. The van der Waals surface area contributed by atoms with E-state index in [9.17, 15) is 17.6 Å². The summed E-state index contributed by atoms with van der Waals surface area (Å²) in [6.45, 7) is 4.96. The van der Waals surface area contributed by atoms with E-state index in [1.54, 1.807) is 18.2 Å². The van der Waals surface area contributed by atoms with Crippen LogP contribution < -0.4 is 14.2 Å². The molecule has 0 bridgehead atoms. The Kier molecular flexibility index (Phi) is 13.8. The van der Waals surface area contributed by atoms with Crippen molar-refractivity contribution in [1.29, 1.82) is 0 Å². The molecule has 0 N–H and O–H groups in total. The molecule has 0 aliphatic heterocycles. The zero-order valence-corrected chi connectivity index (χ0v) is 29.3. The highest BCUT2D eigenvalue weighted by Gasteiger charge is 2.31. The lowest BCUT2D eigenvalue weighted by Gasteiger charge is -2.30. The minimum Gasteiger partial charge on any atom is -0.490 e. The Morgan fingerprint density at radius 1 is 0.440 bits per heavy atom. The van der Waals surface area contributed by atoms with Gasteiger partial charge < -0.3 is 14.2 Å². The van der Waals surface area contributed by atoms with E-state index in [1.165, 1.54) is 18.2 Å². The molecule has 2 fully saturated rings. The van der Waals surface area contributed by atoms with Gasteiger partial charge in [-0.2, -0.15) is 13.2 Å². The fourth-order valence-electron chi connectivity index (χ4n) is 7.52. The van der Waals surface area contributed by atoms with E-state index in [-0.39, 0.29) is 53.1 Å². The number of ether oxygens (including phenoxy) is 3. The highest BCUT2D eigenvalue weighted by molar-refractivity contribution is 5.36. The average molecular weight is 705 g/mol. The molecule has 3 nitrogen and oxygen atoms in total. The molecule has 2 saturated carbocycles. The normalized spacial score (nSPS) is 20.9. The average Bonchev–Trinajstić information content (AvgIpc) is 3.13. The lowest BCUT2D eigenvalue weighted by atomic mass is 9.76. The molecule has 50 heavy (non-hydrogen) atoms. The van der Waals surface area contributed by atoms with Crippen molar-refractivity contribution in [3.05, 3.63) is 88.0 Å². The molecule has 5 rings (SSSR count). The van der Waals surface area contributed by atoms with Crippen LogP contribution in [0.2, 0.25) is 0 Å². The van der Waals surface area contributed by atoms with Crippen molar-refractivity contribution in [3.63, 3.8) is 0 Å². The van der Waals surface area contributed by atoms with Crippen LogP contribution in [0.1, 0.15) is 138 Å². The van der Waals surface area contributed by atoms with Crippen LogP contribution >= 0.6 is 0 Å². The van der Waals surface area contributed by atoms with Crippen LogP contribution in [0, 0.1) is 40.8 Å². The van der Waals surface area contributed by atoms with Crippen LogP contribution in [0.3, 0.4) is 0 Å². The molecule has 0 aromatic heterocycles. The van der Waals surface area contributed by atoms with Crippen LogP contribution in [0.25, 0.3) is 0 Å². The fourth-order valence-corrected chi connectivity index (χ4v) is 7.52. The second kappa shape index (κ2) is 18.2. The summed E-state index contributed by atoms with van der Waals surface area (Å²) in [7, 11) is 0. The molecule has 0 saturated heterocycles. The summed E-state index contributed by atoms with van der Waals surface area (Å²) >= 11 is 0. The molecule has 3 aromatic rings. The quantitative estimate of drug-likeness (QED) is 0.110. The highest BCUT2D eigenvalue weighted by Crippen LogP contribution is 2.44. The first-order valence-corrected chi connectivity index (χ1v) is 18.5. The first kappa shape index (κ1) is 37.9. The maximum absolute atomic E-state index is 15.3. The van der Waals surface area contributed by atoms with Crippen molar-refractivity contribution in [2.24, 2.45) is 5.92 Å². The first-order valence-electron chi connectivity index (χ1n) is 18.5. The molecule has 0 unspecified atom stereocenters. The van der Waals surface area contributed by atoms with Crippen molar-refractivity contribution in [2.75, 3.05) is 19.8 Å². The summed E-state index contributed by atoms with van der Waals surface area (Å²) < 4.78 is 106. The Morgan fingerprint density at radius 2 is 0.820 bits per heavy atom. The van der Waals surface area contributed by atoms with E-state index in [1.807, 2.05) is 6.92 Å². The van der Waals surface area contributed by atoms with Crippen molar-refractivity contribution >= 4 is 0 Å². The second-order valence-corrected chi connectivity index (χ2v) is 14.0. The third-order valence-electron chi connectivity index (χ3n) is 10.6. The van der Waals surface area contributed by atoms with Gasteiger partial charge in [0.25, 0.3) is 0 Å². The largest absolute Gasteiger partial charge is 0.490 e. The monoisotopic (exact) mass is 704 g/mol. The van der Waals surface area contributed by atoms with E-state index < -0.39 is 34.9 Å². The molecule has 3 aromatic carbocycles. The molecule has 0 atom stereocenters. The lowest BCUT2D eigenvalue weighted by molar-refractivity contribution is 0.191. The van der Waals surface area contributed by atoms with Gasteiger partial charge in [0.1, 0.15) is 0 Å². The third-order valence-corrected chi connectivity index (χ3v) is 10.6. The Morgan fingerprint density at radius 3 is 1.24 bits per heavy atom. The number of rotatable bonds is 16. The highest BCUT2D eigenvalue weighted by atomic mass is 19.2. The summed E-state index contributed by atoms with van der Waals surface area (Å²) in [5.74, 6) is -6.48. The summed E-state index contributed by atoms with van der Waals surface area (Å²) in [4.78, 5) is 0. The van der Waals surface area contributed by atoms with Crippen molar-refractivity contribution in [2.45, 2.75) is 121 Å². The predicted molar refractivity (Wildman–Crippen MR) is 183 cm³/mol. The Hall–Kier alpha value is -3.36. The van der Waals surface area contributed by atoms with Crippen LogP contribution in [0.15, 0.2) is 36.4 Å². The van der Waals surface area contributed by atoms with Gasteiger partial charge in [-0.15, -0.1) is 0 Å². The second-order valence-electron chi connectivity index (χ2n) is 14.0. The summed E-state index contributed by atoms with van der Waals surface area (Å²) in [5, 5.41) is 0. The first-order chi connectivity index (χ1) is 24.2. The molecule has 9 heteroatoms. The summed E-state index contributed by atoms with van der Waals surface area (Å²) in [5.41, 5.74) is 0.907. The molecular formula is C41H50F6O3. The Bertz CT molecular complexity index is 1550. The van der Waals surface area contributed by atoms with Crippen LogP contribution in [-0.2, 0) is 0 Å². The minimum absolute atomic E-state index is 0.0561. The predicted octanol–water partition coefficient (Wildman–Crippen LogP) is 12.5. The molecule has 2 aliphatic rings. The third kappa shape index (κ3) is 9.10. The van der Waals surface area contributed by atoms with E-state index in [4.69, 9.17) is 14.2 Å².